The Labute approximate surface area is 123 Å². The fraction of sp³-hybridized carbons (Fsp3) is 0.933. The molecule has 0 aromatic carbocycles. The van der Waals surface area contributed by atoms with Gasteiger partial charge in [-0.1, -0.05) is 0 Å². The molecule has 1 aliphatic heterocycles. The third kappa shape index (κ3) is 6.20. The molecule has 0 radical (unpaired) electrons. The van der Waals surface area contributed by atoms with Crippen molar-refractivity contribution in [2.45, 2.75) is 38.8 Å². The third-order valence-corrected chi connectivity index (χ3v) is 3.78. The van der Waals surface area contributed by atoms with Crippen LogP contribution in [0, 0.1) is 0 Å². The van der Waals surface area contributed by atoms with Gasteiger partial charge >= 0.3 is 0 Å². The van der Waals surface area contributed by atoms with E-state index in [0.29, 0.717) is 6.04 Å². The molecular weight excluding hydrogens is 254 g/mol. The smallest absolute Gasteiger partial charge is 0.248 e. The lowest BCUT2D eigenvalue weighted by molar-refractivity contribution is -0.141. The number of likely N-dealkylation sites (tertiary alicyclic amines) is 1. The average Bonchev–Trinajstić information content (AvgIpc) is 2.38. The van der Waals surface area contributed by atoms with E-state index in [-0.39, 0.29) is 18.6 Å². The Hall–Kier alpha value is -0.650. The van der Waals surface area contributed by atoms with Crippen molar-refractivity contribution in [2.24, 2.45) is 0 Å². The van der Waals surface area contributed by atoms with E-state index in [4.69, 9.17) is 4.74 Å². The van der Waals surface area contributed by atoms with Crippen molar-refractivity contribution in [2.75, 3.05) is 53.9 Å². The van der Waals surface area contributed by atoms with Gasteiger partial charge in [0.1, 0.15) is 6.61 Å². The Morgan fingerprint density at radius 3 is 2.35 bits per heavy atom. The van der Waals surface area contributed by atoms with Crippen molar-refractivity contribution in [1.82, 2.24) is 14.7 Å². The van der Waals surface area contributed by atoms with Gasteiger partial charge in [0.2, 0.25) is 5.91 Å². The maximum atomic E-state index is 12.4. The number of ether oxygens (including phenoxy) is 1. The van der Waals surface area contributed by atoms with Crippen molar-refractivity contribution < 1.29 is 9.53 Å². The fourth-order valence-electron chi connectivity index (χ4n) is 2.45. The molecule has 5 nitrogen and oxygen atoms in total. The summed E-state index contributed by atoms with van der Waals surface area (Å²) in [6, 6.07) is 0.370. The summed E-state index contributed by atoms with van der Waals surface area (Å²) in [5.74, 6) is 0.134. The van der Waals surface area contributed by atoms with Crippen LogP contribution in [-0.2, 0) is 9.53 Å². The second kappa shape index (κ2) is 8.60. The number of likely N-dealkylation sites (N-methyl/N-ethyl adjacent to an activating group) is 1. The zero-order valence-electron chi connectivity index (χ0n) is 13.8. The highest BCUT2D eigenvalue weighted by Gasteiger charge is 2.26. The summed E-state index contributed by atoms with van der Waals surface area (Å²) in [4.78, 5) is 18.9. The van der Waals surface area contributed by atoms with Gasteiger partial charge in [0.15, 0.2) is 0 Å². The first-order valence-corrected chi connectivity index (χ1v) is 7.64. The van der Waals surface area contributed by atoms with Gasteiger partial charge in [-0.05, 0) is 60.9 Å². The van der Waals surface area contributed by atoms with E-state index in [1.165, 1.54) is 0 Å². The van der Waals surface area contributed by atoms with Gasteiger partial charge in [-0.2, -0.15) is 0 Å². The fourth-order valence-corrected chi connectivity index (χ4v) is 2.45. The average molecular weight is 285 g/mol. The zero-order valence-corrected chi connectivity index (χ0v) is 13.8. The van der Waals surface area contributed by atoms with E-state index in [1.807, 2.05) is 32.8 Å². The van der Waals surface area contributed by atoms with E-state index in [2.05, 4.69) is 16.8 Å². The van der Waals surface area contributed by atoms with Crippen LogP contribution in [0.3, 0.4) is 0 Å². The van der Waals surface area contributed by atoms with Gasteiger partial charge < -0.3 is 19.4 Å². The number of carbonyl (C=O) groups excluding carboxylic acids is 1. The molecule has 1 fully saturated rings. The molecule has 5 heteroatoms. The van der Waals surface area contributed by atoms with Gasteiger partial charge in [-0.3, -0.25) is 4.79 Å². The van der Waals surface area contributed by atoms with Crippen molar-refractivity contribution >= 4 is 5.91 Å². The molecule has 0 unspecified atom stereocenters. The number of rotatable bonds is 7. The van der Waals surface area contributed by atoms with Gasteiger partial charge in [-0.25, -0.2) is 0 Å². The van der Waals surface area contributed by atoms with Crippen LogP contribution in [0.25, 0.3) is 0 Å². The Balaban J connectivity index is 2.56. The minimum absolute atomic E-state index is 0.104. The second-order valence-electron chi connectivity index (χ2n) is 6.28. The van der Waals surface area contributed by atoms with Crippen LogP contribution in [0.5, 0.6) is 0 Å². The Morgan fingerprint density at radius 2 is 1.85 bits per heavy atom. The van der Waals surface area contributed by atoms with Crippen LogP contribution in [0.1, 0.15) is 26.7 Å². The molecule has 0 aromatic heterocycles. The maximum Gasteiger partial charge on any atom is 0.248 e. The van der Waals surface area contributed by atoms with Crippen LogP contribution >= 0.6 is 0 Å². The predicted octanol–water partition coefficient (Wildman–Crippen LogP) is 0.896. The number of amides is 1. The van der Waals surface area contributed by atoms with Gasteiger partial charge in [0, 0.05) is 19.1 Å². The molecule has 1 aliphatic rings. The van der Waals surface area contributed by atoms with E-state index < -0.39 is 0 Å². The second-order valence-corrected chi connectivity index (χ2v) is 6.28. The first kappa shape index (κ1) is 17.4. The summed E-state index contributed by atoms with van der Waals surface area (Å²) >= 11 is 0. The number of hydrogen-bond donors (Lipinski definition) is 0. The van der Waals surface area contributed by atoms with Crippen molar-refractivity contribution in [3.05, 3.63) is 0 Å². The van der Waals surface area contributed by atoms with Crippen LogP contribution in [0.15, 0.2) is 0 Å². The Kier molecular flexibility index (Phi) is 7.48. The molecule has 0 N–H and O–H groups in total. The van der Waals surface area contributed by atoms with Crippen molar-refractivity contribution in [3.63, 3.8) is 0 Å². The molecule has 0 bridgehead atoms. The lowest BCUT2D eigenvalue weighted by atomic mass is 10.0. The molecule has 0 aliphatic carbocycles. The summed E-state index contributed by atoms with van der Waals surface area (Å²) in [6.45, 7) is 7.97. The molecule has 1 amide bonds. The molecule has 0 atom stereocenters. The monoisotopic (exact) mass is 285 g/mol. The highest BCUT2D eigenvalue weighted by Crippen LogP contribution is 2.16. The summed E-state index contributed by atoms with van der Waals surface area (Å²) in [6.07, 6.45) is 2.24. The lowest BCUT2D eigenvalue weighted by Crippen LogP contribution is -2.49. The topological polar surface area (TPSA) is 36.0 Å². The lowest BCUT2D eigenvalue weighted by Gasteiger charge is -2.38. The number of hydrogen-bond acceptors (Lipinski definition) is 4. The summed E-state index contributed by atoms with van der Waals surface area (Å²) in [7, 11) is 6.23. The van der Waals surface area contributed by atoms with E-state index in [0.717, 1.165) is 39.0 Å². The predicted molar refractivity (Wildman–Crippen MR) is 81.9 cm³/mol. The first-order chi connectivity index (χ1) is 9.40. The Morgan fingerprint density at radius 1 is 1.25 bits per heavy atom. The highest BCUT2D eigenvalue weighted by atomic mass is 16.5. The van der Waals surface area contributed by atoms with E-state index in [1.54, 1.807) is 0 Å². The Bertz CT molecular complexity index is 287. The highest BCUT2D eigenvalue weighted by molar-refractivity contribution is 5.77. The number of piperidine rings is 1. The van der Waals surface area contributed by atoms with Crippen LogP contribution < -0.4 is 0 Å². The molecule has 1 heterocycles. The molecular formula is C15H31N3O2. The molecule has 0 aromatic rings. The first-order valence-electron chi connectivity index (χ1n) is 7.64. The van der Waals surface area contributed by atoms with Gasteiger partial charge in [0.25, 0.3) is 0 Å². The van der Waals surface area contributed by atoms with E-state index >= 15 is 0 Å². The normalized spacial score (nSPS) is 17.9. The quantitative estimate of drug-likeness (QED) is 0.696. The molecule has 0 saturated carbocycles. The van der Waals surface area contributed by atoms with Gasteiger partial charge in [0.05, 0.1) is 6.10 Å². The molecule has 0 spiro atoms. The zero-order chi connectivity index (χ0) is 15.1. The summed E-state index contributed by atoms with van der Waals surface area (Å²) in [5, 5.41) is 0. The summed E-state index contributed by atoms with van der Waals surface area (Å²) < 4.78 is 5.49. The molecule has 1 rings (SSSR count). The standard InChI is InChI=1S/C15H31N3O2/c1-13(2)20-12-15(19)18(11-10-16(3)4)14-6-8-17(5)9-7-14/h13-14H,6-12H2,1-5H3. The molecule has 1 saturated heterocycles. The summed E-state index contributed by atoms with van der Waals surface area (Å²) in [5.41, 5.74) is 0. The number of carbonyl (C=O) groups is 1. The SMILES string of the molecule is CC(C)OCC(=O)N(CCN(C)C)C1CCN(C)CC1. The molecule has 118 valence electrons. The van der Waals surface area contributed by atoms with Gasteiger partial charge in [-0.15, -0.1) is 0 Å². The minimum atomic E-state index is 0.104. The largest absolute Gasteiger partial charge is 0.369 e. The number of nitrogens with zero attached hydrogens (tertiary/aromatic N) is 3. The van der Waals surface area contributed by atoms with E-state index in [9.17, 15) is 4.79 Å². The molecule has 20 heavy (non-hydrogen) atoms. The van der Waals surface area contributed by atoms with Crippen LogP contribution in [-0.4, -0.2) is 86.7 Å². The third-order valence-electron chi connectivity index (χ3n) is 3.78. The van der Waals surface area contributed by atoms with Crippen molar-refractivity contribution in [1.29, 1.82) is 0 Å². The van der Waals surface area contributed by atoms with Crippen LogP contribution in [0.4, 0.5) is 0 Å². The minimum Gasteiger partial charge on any atom is -0.369 e. The maximum absolute atomic E-state index is 12.4. The van der Waals surface area contributed by atoms with Crippen LogP contribution in [0.2, 0.25) is 0 Å². The van der Waals surface area contributed by atoms with Crippen molar-refractivity contribution in [3.8, 4) is 0 Å².